The van der Waals surface area contributed by atoms with E-state index in [1.165, 1.54) is 0 Å². The Bertz CT molecular complexity index is 328. The van der Waals surface area contributed by atoms with Crippen molar-refractivity contribution in [3.8, 4) is 6.07 Å². The molecule has 0 saturated heterocycles. The van der Waals surface area contributed by atoms with Gasteiger partial charge in [0.25, 0.3) is 0 Å². The van der Waals surface area contributed by atoms with Crippen molar-refractivity contribution in [2.24, 2.45) is 0 Å². The Hall–Kier alpha value is -0.0800. The monoisotopic (exact) mass is 321 g/mol. The van der Waals surface area contributed by atoms with Gasteiger partial charge in [0.15, 0.2) is 0 Å². The van der Waals surface area contributed by atoms with Crippen LogP contribution in [0, 0.1) is 21.8 Å². The van der Waals surface area contributed by atoms with Gasteiger partial charge in [0, 0.05) is 8.04 Å². The molecule has 0 N–H and O–H groups in total. The molecule has 0 saturated carbocycles. The lowest BCUT2D eigenvalue weighted by Crippen LogP contribution is -1.84. The minimum Gasteiger partial charge on any atom is -0.192 e. The minimum absolute atomic E-state index is 0.734. The summed E-state index contributed by atoms with van der Waals surface area (Å²) in [5.74, 6) is 0. The maximum Gasteiger partial charge on any atom is 0.100 e. The van der Waals surface area contributed by atoms with Crippen LogP contribution in [0.4, 0.5) is 0 Å². The highest BCUT2D eigenvalue weighted by atomic mass is 127. The van der Waals surface area contributed by atoms with Crippen LogP contribution in [0.15, 0.2) is 16.6 Å². The molecular formula is C8H5BrIN. The van der Waals surface area contributed by atoms with E-state index in [0.29, 0.717) is 0 Å². The predicted octanol–water partition coefficient (Wildman–Crippen LogP) is 3.23. The third-order valence-corrected chi connectivity index (χ3v) is 3.82. The van der Waals surface area contributed by atoms with E-state index in [2.05, 4.69) is 44.6 Å². The van der Waals surface area contributed by atoms with Crippen LogP contribution in [-0.2, 0) is 0 Å². The van der Waals surface area contributed by atoms with Crippen molar-refractivity contribution in [2.75, 3.05) is 0 Å². The van der Waals surface area contributed by atoms with Crippen LogP contribution >= 0.6 is 38.5 Å². The molecule has 1 nitrogen and oxygen atoms in total. The maximum atomic E-state index is 8.69. The summed E-state index contributed by atoms with van der Waals surface area (Å²) in [5, 5.41) is 8.69. The fourth-order valence-electron chi connectivity index (χ4n) is 0.806. The van der Waals surface area contributed by atoms with Crippen LogP contribution in [0.1, 0.15) is 11.1 Å². The third-order valence-electron chi connectivity index (χ3n) is 1.29. The van der Waals surface area contributed by atoms with E-state index < -0.39 is 0 Å². The summed E-state index contributed by atoms with van der Waals surface area (Å²) in [6.07, 6.45) is 0. The summed E-state index contributed by atoms with van der Waals surface area (Å²) < 4.78 is 1.98. The topological polar surface area (TPSA) is 23.8 Å². The SMILES string of the molecule is Cc1cc(Br)c(I)c(C#N)c1. The Kier molecular flexibility index (Phi) is 2.90. The molecule has 0 bridgehead atoms. The molecule has 56 valence electrons. The number of nitriles is 1. The Morgan fingerprint density at radius 3 is 2.73 bits per heavy atom. The first-order chi connectivity index (χ1) is 5.15. The Morgan fingerprint density at radius 1 is 1.55 bits per heavy atom. The summed E-state index contributed by atoms with van der Waals surface area (Å²) in [7, 11) is 0. The molecule has 0 aliphatic rings. The van der Waals surface area contributed by atoms with Gasteiger partial charge >= 0.3 is 0 Å². The van der Waals surface area contributed by atoms with Gasteiger partial charge in [-0.15, -0.1) is 0 Å². The molecule has 0 fully saturated rings. The fraction of sp³-hybridized carbons (Fsp3) is 0.125. The highest BCUT2D eigenvalue weighted by Gasteiger charge is 2.03. The van der Waals surface area contributed by atoms with E-state index in [4.69, 9.17) is 5.26 Å². The van der Waals surface area contributed by atoms with E-state index in [1.807, 2.05) is 19.1 Å². The second-order valence-corrected chi connectivity index (χ2v) is 4.15. The first-order valence-electron chi connectivity index (χ1n) is 3.01. The quantitative estimate of drug-likeness (QED) is 0.673. The summed E-state index contributed by atoms with van der Waals surface area (Å²) in [6.45, 7) is 1.97. The number of hydrogen-bond donors (Lipinski definition) is 0. The number of aryl methyl sites for hydroxylation is 1. The van der Waals surface area contributed by atoms with Crippen LogP contribution in [0.3, 0.4) is 0 Å². The van der Waals surface area contributed by atoms with Crippen LogP contribution in [-0.4, -0.2) is 0 Å². The number of halogens is 2. The first kappa shape index (κ1) is 9.01. The van der Waals surface area contributed by atoms with Gasteiger partial charge in [-0.2, -0.15) is 5.26 Å². The molecule has 0 aliphatic heterocycles. The molecule has 11 heavy (non-hydrogen) atoms. The lowest BCUT2D eigenvalue weighted by molar-refractivity contribution is 1.38. The van der Waals surface area contributed by atoms with Crippen molar-refractivity contribution in [1.82, 2.24) is 0 Å². The Labute approximate surface area is 87.7 Å². The average Bonchev–Trinajstić information content (AvgIpc) is 1.96. The standard InChI is InChI=1S/C8H5BrIN/c1-5-2-6(4-11)8(10)7(9)3-5/h2-3H,1H3. The van der Waals surface area contributed by atoms with Gasteiger partial charge < -0.3 is 0 Å². The van der Waals surface area contributed by atoms with Crippen molar-refractivity contribution in [2.45, 2.75) is 6.92 Å². The number of benzene rings is 1. The lowest BCUT2D eigenvalue weighted by atomic mass is 10.2. The Balaban J connectivity index is 3.39. The zero-order chi connectivity index (χ0) is 8.43. The third kappa shape index (κ3) is 1.94. The molecule has 1 aromatic carbocycles. The second kappa shape index (κ2) is 3.55. The van der Waals surface area contributed by atoms with E-state index in [-0.39, 0.29) is 0 Å². The van der Waals surface area contributed by atoms with Crippen molar-refractivity contribution in [3.63, 3.8) is 0 Å². The predicted molar refractivity (Wildman–Crippen MR) is 56.3 cm³/mol. The second-order valence-electron chi connectivity index (χ2n) is 2.22. The van der Waals surface area contributed by atoms with Gasteiger partial charge in [-0.25, -0.2) is 0 Å². The highest BCUT2D eigenvalue weighted by Crippen LogP contribution is 2.23. The molecule has 1 aromatic rings. The number of rotatable bonds is 0. The molecule has 0 heterocycles. The molecule has 0 unspecified atom stereocenters. The fourth-order valence-corrected chi connectivity index (χ4v) is 1.81. The van der Waals surface area contributed by atoms with Gasteiger partial charge in [0.05, 0.1) is 5.56 Å². The van der Waals surface area contributed by atoms with Crippen LogP contribution < -0.4 is 0 Å². The number of nitrogens with zero attached hydrogens (tertiary/aromatic N) is 1. The van der Waals surface area contributed by atoms with E-state index in [0.717, 1.165) is 19.2 Å². The zero-order valence-electron chi connectivity index (χ0n) is 5.86. The largest absolute Gasteiger partial charge is 0.192 e. The first-order valence-corrected chi connectivity index (χ1v) is 4.88. The molecule has 0 atom stereocenters. The Morgan fingerprint density at radius 2 is 2.18 bits per heavy atom. The van der Waals surface area contributed by atoms with Crippen molar-refractivity contribution >= 4 is 38.5 Å². The van der Waals surface area contributed by atoms with Crippen molar-refractivity contribution in [1.29, 1.82) is 5.26 Å². The minimum atomic E-state index is 0.734. The smallest absolute Gasteiger partial charge is 0.100 e. The van der Waals surface area contributed by atoms with Gasteiger partial charge in [-0.1, -0.05) is 0 Å². The zero-order valence-corrected chi connectivity index (χ0v) is 9.60. The maximum absolute atomic E-state index is 8.69. The average molecular weight is 322 g/mol. The van der Waals surface area contributed by atoms with Gasteiger partial charge in [0.1, 0.15) is 6.07 Å². The van der Waals surface area contributed by atoms with Crippen LogP contribution in [0.2, 0.25) is 0 Å². The summed E-state index contributed by atoms with van der Waals surface area (Å²) in [4.78, 5) is 0. The van der Waals surface area contributed by atoms with E-state index >= 15 is 0 Å². The van der Waals surface area contributed by atoms with E-state index in [9.17, 15) is 0 Å². The molecule has 0 aliphatic carbocycles. The van der Waals surface area contributed by atoms with Gasteiger partial charge in [0.2, 0.25) is 0 Å². The molecule has 0 radical (unpaired) electrons. The molecule has 0 amide bonds. The van der Waals surface area contributed by atoms with Crippen molar-refractivity contribution in [3.05, 3.63) is 31.3 Å². The summed E-state index contributed by atoms with van der Waals surface area (Å²) >= 11 is 5.53. The van der Waals surface area contributed by atoms with Crippen LogP contribution in [0.5, 0.6) is 0 Å². The van der Waals surface area contributed by atoms with Gasteiger partial charge in [-0.3, -0.25) is 0 Å². The highest BCUT2D eigenvalue weighted by molar-refractivity contribution is 14.1. The lowest BCUT2D eigenvalue weighted by Gasteiger charge is -1.99. The molecule has 0 aromatic heterocycles. The summed E-state index contributed by atoms with van der Waals surface area (Å²) in [5.41, 5.74) is 1.84. The van der Waals surface area contributed by atoms with Gasteiger partial charge in [-0.05, 0) is 63.1 Å². The molecule has 3 heteroatoms. The normalized spacial score (nSPS) is 9.27. The molecular weight excluding hydrogens is 317 g/mol. The van der Waals surface area contributed by atoms with Crippen molar-refractivity contribution < 1.29 is 0 Å². The summed E-state index contributed by atoms with van der Waals surface area (Å²) in [6, 6.07) is 6.02. The number of hydrogen-bond acceptors (Lipinski definition) is 1. The molecule has 1 rings (SSSR count). The molecule has 0 spiro atoms. The van der Waals surface area contributed by atoms with Crippen LogP contribution in [0.25, 0.3) is 0 Å². The van der Waals surface area contributed by atoms with E-state index in [1.54, 1.807) is 0 Å².